The van der Waals surface area contributed by atoms with E-state index < -0.39 is 0 Å². The summed E-state index contributed by atoms with van der Waals surface area (Å²) in [6.45, 7) is 4.94. The predicted octanol–water partition coefficient (Wildman–Crippen LogP) is 4.95. The summed E-state index contributed by atoms with van der Waals surface area (Å²) >= 11 is 0. The Morgan fingerprint density at radius 1 is 1.16 bits per heavy atom. The minimum Gasteiger partial charge on any atom is -0.508 e. The van der Waals surface area contributed by atoms with Crippen LogP contribution in [-0.2, 0) is 6.42 Å². The number of carbonyl (C=O) groups excluding carboxylic acids is 1. The van der Waals surface area contributed by atoms with E-state index in [9.17, 15) is 14.3 Å². The summed E-state index contributed by atoms with van der Waals surface area (Å²) in [5.74, 6) is 0.0187. The molecule has 3 N–H and O–H groups in total. The second-order valence-electron chi connectivity index (χ2n) is 7.34. The van der Waals surface area contributed by atoms with Crippen molar-refractivity contribution in [1.29, 1.82) is 0 Å². The van der Waals surface area contributed by atoms with E-state index in [-0.39, 0.29) is 11.6 Å². The molecule has 0 spiro atoms. The zero-order chi connectivity index (χ0) is 22.4. The van der Waals surface area contributed by atoms with Gasteiger partial charge in [0.05, 0.1) is 11.2 Å². The number of aromatic amines is 1. The summed E-state index contributed by atoms with van der Waals surface area (Å²) < 4.78 is 13.6. The molecule has 2 aromatic heterocycles. The number of aryl methyl sites for hydroxylation is 2. The number of phenolic OH excluding ortho intramolecular Hbond substituents is 1. The highest BCUT2D eigenvalue weighted by molar-refractivity contribution is 5.88. The number of halogens is 1. The molecule has 31 heavy (non-hydrogen) atoms. The van der Waals surface area contributed by atoms with Crippen LogP contribution in [0, 0.1) is 19.7 Å². The molecule has 0 fully saturated rings. The van der Waals surface area contributed by atoms with Gasteiger partial charge in [0.2, 0.25) is 0 Å². The van der Waals surface area contributed by atoms with Crippen molar-refractivity contribution in [2.45, 2.75) is 20.3 Å². The summed E-state index contributed by atoms with van der Waals surface area (Å²) in [7, 11) is 1.93. The third kappa shape index (κ3) is 5.16. The van der Waals surface area contributed by atoms with Crippen LogP contribution in [0.2, 0.25) is 0 Å². The van der Waals surface area contributed by atoms with Crippen molar-refractivity contribution < 1.29 is 14.3 Å². The van der Waals surface area contributed by atoms with Crippen molar-refractivity contribution in [3.05, 3.63) is 82.9 Å². The second-order valence-corrected chi connectivity index (χ2v) is 7.34. The molecule has 2 heterocycles. The Labute approximate surface area is 181 Å². The Morgan fingerprint density at radius 3 is 2.68 bits per heavy atom. The fourth-order valence-electron chi connectivity index (χ4n) is 3.55. The van der Waals surface area contributed by atoms with Gasteiger partial charge in [-0.1, -0.05) is 18.2 Å². The van der Waals surface area contributed by atoms with Crippen molar-refractivity contribution in [2.24, 2.45) is 0 Å². The van der Waals surface area contributed by atoms with Gasteiger partial charge in [0.15, 0.2) is 0 Å². The summed E-state index contributed by atoms with van der Waals surface area (Å²) in [6.07, 6.45) is 3.27. The highest BCUT2D eigenvalue weighted by atomic mass is 19.1. The van der Waals surface area contributed by atoms with Crippen LogP contribution >= 0.6 is 0 Å². The maximum Gasteiger partial charge on any atom is 0.150 e. The number of nitrogens with zero attached hydrogens (tertiary/aromatic N) is 1. The first-order valence-electron chi connectivity index (χ1n) is 10.1. The van der Waals surface area contributed by atoms with Gasteiger partial charge in [0, 0.05) is 28.4 Å². The maximum atomic E-state index is 13.6. The maximum absolute atomic E-state index is 13.6. The number of nitrogens with one attached hydrogen (secondary N) is 2. The topological polar surface area (TPSA) is 78.0 Å². The quantitative estimate of drug-likeness (QED) is 0.400. The van der Waals surface area contributed by atoms with E-state index in [2.05, 4.69) is 15.3 Å². The Morgan fingerprint density at radius 2 is 1.97 bits per heavy atom. The van der Waals surface area contributed by atoms with E-state index in [0.717, 1.165) is 41.5 Å². The Bertz CT molecular complexity index is 1200. The van der Waals surface area contributed by atoms with E-state index >= 15 is 0 Å². The van der Waals surface area contributed by atoms with Gasteiger partial charge in [-0.05, 0) is 75.3 Å². The van der Waals surface area contributed by atoms with E-state index in [0.29, 0.717) is 16.8 Å². The van der Waals surface area contributed by atoms with E-state index in [1.807, 2.05) is 33.0 Å². The number of pyridine rings is 1. The molecule has 6 heteroatoms. The monoisotopic (exact) mass is 419 g/mol. The number of fused-ring (bicyclic) bond motifs is 1. The standard InChI is InChI=1S/C13H17FN2.C12H9NO2/c1-8-4-5-11(14)13-12(8)10(6-7-15-3)9(2)16-13;14-8-9-4-5-13-12(6-9)10-2-1-3-11(15)7-10/h4-5,15-16H,6-7H2,1-3H3;1-8,15H. The Hall–Kier alpha value is -3.51. The van der Waals surface area contributed by atoms with E-state index in [1.54, 1.807) is 36.5 Å². The number of aldehydes is 1. The number of aromatic hydroxyl groups is 1. The molecule has 0 atom stereocenters. The van der Waals surface area contributed by atoms with Gasteiger partial charge in [0.1, 0.15) is 17.9 Å². The molecule has 0 aliphatic carbocycles. The zero-order valence-electron chi connectivity index (χ0n) is 17.9. The normalized spacial score (nSPS) is 10.6. The summed E-state index contributed by atoms with van der Waals surface area (Å²) in [6, 6.07) is 13.4. The molecule has 0 unspecified atom stereocenters. The van der Waals surface area contributed by atoms with Crippen LogP contribution in [0.3, 0.4) is 0 Å². The molecule has 0 radical (unpaired) electrons. The van der Waals surface area contributed by atoms with Gasteiger partial charge in [-0.3, -0.25) is 9.78 Å². The molecule has 5 nitrogen and oxygen atoms in total. The van der Waals surface area contributed by atoms with Gasteiger partial charge < -0.3 is 15.4 Å². The molecule has 0 saturated heterocycles. The number of rotatable bonds is 5. The fraction of sp³-hybridized carbons (Fsp3) is 0.200. The fourth-order valence-corrected chi connectivity index (χ4v) is 3.55. The average Bonchev–Trinajstić information content (AvgIpc) is 3.12. The van der Waals surface area contributed by atoms with Crippen LogP contribution in [0.1, 0.15) is 27.2 Å². The van der Waals surface area contributed by atoms with Crippen LogP contribution in [0.5, 0.6) is 5.75 Å². The second kappa shape index (κ2) is 10.00. The number of hydrogen-bond acceptors (Lipinski definition) is 4. The van der Waals surface area contributed by atoms with Crippen LogP contribution in [-0.4, -0.2) is 35.0 Å². The summed E-state index contributed by atoms with van der Waals surface area (Å²) in [5, 5.41) is 13.5. The predicted molar refractivity (Wildman–Crippen MR) is 122 cm³/mol. The molecular weight excluding hydrogens is 393 g/mol. The molecule has 4 aromatic rings. The number of phenols is 1. The van der Waals surface area contributed by atoms with Crippen molar-refractivity contribution >= 4 is 17.2 Å². The molecule has 0 amide bonds. The molecule has 0 aliphatic rings. The third-order valence-electron chi connectivity index (χ3n) is 5.12. The first kappa shape index (κ1) is 22.2. The number of benzene rings is 2. The van der Waals surface area contributed by atoms with Crippen molar-refractivity contribution in [2.75, 3.05) is 13.6 Å². The van der Waals surface area contributed by atoms with Crippen LogP contribution < -0.4 is 5.32 Å². The third-order valence-corrected chi connectivity index (χ3v) is 5.12. The van der Waals surface area contributed by atoms with Crippen LogP contribution in [0.25, 0.3) is 22.2 Å². The average molecular weight is 420 g/mol. The first-order valence-corrected chi connectivity index (χ1v) is 10.1. The van der Waals surface area contributed by atoms with Gasteiger partial charge in [0.25, 0.3) is 0 Å². The molecule has 4 rings (SSSR count). The summed E-state index contributed by atoms with van der Waals surface area (Å²) in [5.41, 5.74) is 6.10. The van der Waals surface area contributed by atoms with Crippen LogP contribution in [0.15, 0.2) is 54.7 Å². The number of likely N-dealkylation sites (N-methyl/N-ethyl adjacent to an activating group) is 1. The number of H-pyrrole nitrogens is 1. The lowest BCUT2D eigenvalue weighted by Crippen LogP contribution is -2.10. The number of hydrogen-bond donors (Lipinski definition) is 3. The van der Waals surface area contributed by atoms with Crippen LogP contribution in [0.4, 0.5) is 4.39 Å². The molecular formula is C25H26FN3O2. The molecule has 0 bridgehead atoms. The largest absolute Gasteiger partial charge is 0.508 e. The smallest absolute Gasteiger partial charge is 0.150 e. The van der Waals surface area contributed by atoms with Gasteiger partial charge in [-0.15, -0.1) is 0 Å². The highest BCUT2D eigenvalue weighted by Gasteiger charge is 2.13. The highest BCUT2D eigenvalue weighted by Crippen LogP contribution is 2.27. The summed E-state index contributed by atoms with van der Waals surface area (Å²) in [4.78, 5) is 17.9. The van der Waals surface area contributed by atoms with Gasteiger partial charge in [-0.2, -0.15) is 0 Å². The SMILES string of the molecule is CNCCc1c(C)[nH]c2c(F)ccc(C)c12.O=Cc1ccnc(-c2cccc(O)c2)c1. The minimum atomic E-state index is -0.167. The van der Waals surface area contributed by atoms with Crippen molar-refractivity contribution in [1.82, 2.24) is 15.3 Å². The van der Waals surface area contributed by atoms with Crippen molar-refractivity contribution in [3.63, 3.8) is 0 Å². The lowest BCUT2D eigenvalue weighted by molar-refractivity contribution is 0.112. The van der Waals surface area contributed by atoms with Crippen molar-refractivity contribution in [3.8, 4) is 17.0 Å². The van der Waals surface area contributed by atoms with Gasteiger partial charge >= 0.3 is 0 Å². The first-order chi connectivity index (χ1) is 14.9. The Balaban J connectivity index is 0.000000176. The minimum absolute atomic E-state index is 0.167. The lowest BCUT2D eigenvalue weighted by Gasteiger charge is -2.03. The Kier molecular flexibility index (Phi) is 7.15. The lowest BCUT2D eigenvalue weighted by atomic mass is 10.0. The number of aromatic nitrogens is 2. The molecule has 0 saturated carbocycles. The molecule has 0 aliphatic heterocycles. The zero-order valence-corrected chi connectivity index (χ0v) is 17.9. The molecule has 160 valence electrons. The molecule has 2 aromatic carbocycles. The van der Waals surface area contributed by atoms with E-state index in [4.69, 9.17) is 0 Å². The number of carbonyl (C=O) groups is 1. The van der Waals surface area contributed by atoms with Gasteiger partial charge in [-0.25, -0.2) is 4.39 Å². The van der Waals surface area contributed by atoms with E-state index in [1.165, 1.54) is 11.6 Å².